The minimum atomic E-state index is 0.147. The summed E-state index contributed by atoms with van der Waals surface area (Å²) in [5.74, 6) is 2.88. The molecular formula is C24H22N4O. The molecule has 0 aliphatic carbocycles. The van der Waals surface area contributed by atoms with Crippen LogP contribution in [-0.4, -0.2) is 9.97 Å². The molecule has 144 valence electrons. The molecule has 1 unspecified atom stereocenters. The number of aromatic nitrogens is 2. The molecule has 4 aromatic rings. The Hall–Kier alpha value is -3.86. The fourth-order valence-corrected chi connectivity index (χ4v) is 2.91. The van der Waals surface area contributed by atoms with Crippen molar-refractivity contribution in [1.29, 1.82) is 0 Å². The smallest absolute Gasteiger partial charge is 0.229 e. The average Bonchev–Trinajstić information content (AvgIpc) is 2.77. The maximum Gasteiger partial charge on any atom is 0.229 e. The van der Waals surface area contributed by atoms with Gasteiger partial charge in [0.05, 0.1) is 0 Å². The molecule has 0 spiro atoms. The topological polar surface area (TPSA) is 59.1 Å². The Bertz CT molecular complexity index is 1040. The number of nitrogens with one attached hydrogen (secondary N) is 2. The second-order valence-corrected chi connectivity index (χ2v) is 6.61. The van der Waals surface area contributed by atoms with E-state index < -0.39 is 0 Å². The van der Waals surface area contributed by atoms with Crippen LogP contribution in [0.15, 0.2) is 97.2 Å². The largest absolute Gasteiger partial charge is 0.457 e. The standard InChI is InChI=1S/C24H22N4O/c1-18(19-8-4-2-5-9-19)26-23-16-17-25-24(28-23)27-20-12-14-22(15-13-20)29-21-10-6-3-7-11-21/h2-18H,1H3,(H2,25,26,27,28). The number of ether oxygens (including phenoxy) is 1. The quantitative estimate of drug-likeness (QED) is 0.399. The highest BCUT2D eigenvalue weighted by Gasteiger charge is 2.07. The van der Waals surface area contributed by atoms with Gasteiger partial charge >= 0.3 is 0 Å². The van der Waals surface area contributed by atoms with E-state index in [1.807, 2.05) is 78.9 Å². The van der Waals surface area contributed by atoms with Crippen molar-refractivity contribution in [3.63, 3.8) is 0 Å². The van der Waals surface area contributed by atoms with Crippen LogP contribution in [0.4, 0.5) is 17.5 Å². The van der Waals surface area contributed by atoms with E-state index in [0.717, 1.165) is 23.0 Å². The zero-order chi connectivity index (χ0) is 19.9. The van der Waals surface area contributed by atoms with Gasteiger partial charge in [-0.15, -0.1) is 0 Å². The summed E-state index contributed by atoms with van der Waals surface area (Å²) in [6.45, 7) is 2.11. The van der Waals surface area contributed by atoms with Crippen molar-refractivity contribution in [2.45, 2.75) is 13.0 Å². The lowest BCUT2D eigenvalue weighted by molar-refractivity contribution is 0.483. The van der Waals surface area contributed by atoms with Gasteiger partial charge in [0.25, 0.3) is 0 Å². The number of para-hydroxylation sites is 1. The number of benzene rings is 3. The first-order valence-corrected chi connectivity index (χ1v) is 9.51. The van der Waals surface area contributed by atoms with Gasteiger partial charge in [-0.2, -0.15) is 4.98 Å². The predicted molar refractivity (Wildman–Crippen MR) is 117 cm³/mol. The maximum absolute atomic E-state index is 5.82. The number of hydrogen-bond acceptors (Lipinski definition) is 5. The van der Waals surface area contributed by atoms with Crippen LogP contribution in [0, 0.1) is 0 Å². The molecule has 0 fully saturated rings. The van der Waals surface area contributed by atoms with E-state index in [1.54, 1.807) is 6.20 Å². The van der Waals surface area contributed by atoms with Crippen molar-refractivity contribution in [2.75, 3.05) is 10.6 Å². The molecule has 1 heterocycles. The summed E-state index contributed by atoms with van der Waals surface area (Å²) < 4.78 is 5.82. The van der Waals surface area contributed by atoms with E-state index in [9.17, 15) is 0 Å². The number of nitrogens with zero attached hydrogens (tertiary/aromatic N) is 2. The maximum atomic E-state index is 5.82. The van der Waals surface area contributed by atoms with E-state index in [0.29, 0.717) is 5.95 Å². The van der Waals surface area contributed by atoms with Crippen LogP contribution in [0.2, 0.25) is 0 Å². The van der Waals surface area contributed by atoms with E-state index in [1.165, 1.54) is 5.56 Å². The third-order valence-corrected chi connectivity index (χ3v) is 4.41. The third kappa shape index (κ3) is 5.11. The monoisotopic (exact) mass is 382 g/mol. The number of rotatable bonds is 7. The third-order valence-electron chi connectivity index (χ3n) is 4.41. The molecule has 0 bridgehead atoms. The van der Waals surface area contributed by atoms with Crippen LogP contribution in [0.5, 0.6) is 11.5 Å². The van der Waals surface area contributed by atoms with Gasteiger partial charge in [0.15, 0.2) is 0 Å². The summed E-state index contributed by atoms with van der Waals surface area (Å²) in [5, 5.41) is 6.64. The fourth-order valence-electron chi connectivity index (χ4n) is 2.91. The molecule has 0 amide bonds. The highest BCUT2D eigenvalue weighted by Crippen LogP contribution is 2.24. The molecule has 0 saturated heterocycles. The summed E-state index contributed by atoms with van der Waals surface area (Å²) in [6, 6.07) is 29.7. The van der Waals surface area contributed by atoms with Gasteiger partial charge in [0.1, 0.15) is 17.3 Å². The summed E-state index contributed by atoms with van der Waals surface area (Å²) in [4.78, 5) is 8.87. The molecule has 0 aliphatic heterocycles. The highest BCUT2D eigenvalue weighted by molar-refractivity contribution is 5.56. The fraction of sp³-hybridized carbons (Fsp3) is 0.0833. The van der Waals surface area contributed by atoms with Gasteiger partial charge in [-0.3, -0.25) is 0 Å². The lowest BCUT2D eigenvalue weighted by atomic mass is 10.1. The molecule has 3 aromatic carbocycles. The molecule has 5 nitrogen and oxygen atoms in total. The van der Waals surface area contributed by atoms with Crippen molar-refractivity contribution >= 4 is 17.5 Å². The first kappa shape index (κ1) is 18.5. The molecule has 1 aromatic heterocycles. The molecule has 2 N–H and O–H groups in total. The minimum absolute atomic E-state index is 0.147. The Morgan fingerprint density at radius 3 is 2.14 bits per heavy atom. The first-order chi connectivity index (χ1) is 14.3. The second-order valence-electron chi connectivity index (χ2n) is 6.61. The highest BCUT2D eigenvalue weighted by atomic mass is 16.5. The van der Waals surface area contributed by atoms with Gasteiger partial charge in [-0.1, -0.05) is 48.5 Å². The molecule has 4 rings (SSSR count). The van der Waals surface area contributed by atoms with Crippen LogP contribution in [0.1, 0.15) is 18.5 Å². The lowest BCUT2D eigenvalue weighted by Gasteiger charge is -2.15. The summed E-state index contributed by atoms with van der Waals surface area (Å²) in [7, 11) is 0. The molecule has 0 aliphatic rings. The predicted octanol–water partition coefficient (Wildman–Crippen LogP) is 6.19. The first-order valence-electron chi connectivity index (χ1n) is 9.51. The molecule has 0 radical (unpaired) electrons. The molecular weight excluding hydrogens is 360 g/mol. The van der Waals surface area contributed by atoms with Gasteiger partial charge in [0.2, 0.25) is 5.95 Å². The molecule has 29 heavy (non-hydrogen) atoms. The van der Waals surface area contributed by atoms with Crippen molar-refractivity contribution in [3.8, 4) is 11.5 Å². The normalized spacial score (nSPS) is 11.5. The average molecular weight is 382 g/mol. The van der Waals surface area contributed by atoms with Gasteiger partial charge < -0.3 is 15.4 Å². The van der Waals surface area contributed by atoms with Crippen LogP contribution < -0.4 is 15.4 Å². The minimum Gasteiger partial charge on any atom is -0.457 e. The lowest BCUT2D eigenvalue weighted by Crippen LogP contribution is -2.09. The zero-order valence-corrected chi connectivity index (χ0v) is 16.1. The van der Waals surface area contributed by atoms with E-state index in [2.05, 4.69) is 39.7 Å². The van der Waals surface area contributed by atoms with Gasteiger partial charge in [-0.25, -0.2) is 4.98 Å². The Morgan fingerprint density at radius 1 is 0.759 bits per heavy atom. The van der Waals surface area contributed by atoms with Gasteiger partial charge in [-0.05, 0) is 55.0 Å². The summed E-state index contributed by atoms with van der Waals surface area (Å²) >= 11 is 0. The Morgan fingerprint density at radius 2 is 1.41 bits per heavy atom. The number of anilines is 3. The Kier molecular flexibility index (Phi) is 5.67. The van der Waals surface area contributed by atoms with Crippen LogP contribution in [0.3, 0.4) is 0 Å². The molecule has 1 atom stereocenters. The van der Waals surface area contributed by atoms with Gasteiger partial charge in [0, 0.05) is 17.9 Å². The van der Waals surface area contributed by atoms with Crippen LogP contribution in [-0.2, 0) is 0 Å². The zero-order valence-electron chi connectivity index (χ0n) is 16.1. The van der Waals surface area contributed by atoms with Crippen molar-refractivity contribution in [2.24, 2.45) is 0 Å². The molecule has 0 saturated carbocycles. The van der Waals surface area contributed by atoms with Crippen LogP contribution in [0.25, 0.3) is 0 Å². The second kappa shape index (κ2) is 8.89. The summed E-state index contributed by atoms with van der Waals surface area (Å²) in [5.41, 5.74) is 2.09. The van der Waals surface area contributed by atoms with E-state index in [-0.39, 0.29) is 6.04 Å². The Balaban J connectivity index is 1.40. The van der Waals surface area contributed by atoms with Crippen molar-refractivity contribution in [1.82, 2.24) is 9.97 Å². The van der Waals surface area contributed by atoms with E-state index in [4.69, 9.17) is 4.74 Å². The van der Waals surface area contributed by atoms with E-state index >= 15 is 0 Å². The van der Waals surface area contributed by atoms with Crippen molar-refractivity contribution in [3.05, 3.63) is 103 Å². The van der Waals surface area contributed by atoms with Crippen LogP contribution >= 0.6 is 0 Å². The number of hydrogen-bond donors (Lipinski definition) is 2. The van der Waals surface area contributed by atoms with Crippen molar-refractivity contribution < 1.29 is 4.74 Å². The SMILES string of the molecule is CC(Nc1ccnc(Nc2ccc(Oc3ccccc3)cc2)n1)c1ccccc1. The Labute approximate surface area is 170 Å². The summed E-state index contributed by atoms with van der Waals surface area (Å²) in [6.07, 6.45) is 1.74. The molecule has 5 heteroatoms.